The van der Waals surface area contributed by atoms with Gasteiger partial charge in [0.25, 0.3) is 5.56 Å². The highest BCUT2D eigenvalue weighted by atomic mass is 31.2. The van der Waals surface area contributed by atoms with Gasteiger partial charge in [-0.2, -0.15) is 0 Å². The van der Waals surface area contributed by atoms with Crippen LogP contribution >= 0.6 is 7.82 Å². The third kappa shape index (κ3) is 4.70. The third-order valence-corrected chi connectivity index (χ3v) is 4.59. The Hall–Kier alpha value is -2.85. The van der Waals surface area contributed by atoms with Gasteiger partial charge in [-0.05, 0) is 25.1 Å². The molecule has 3 atom stereocenters. The maximum Gasteiger partial charge on any atom is 0.529 e. The van der Waals surface area contributed by atoms with Crippen LogP contribution in [0.2, 0.25) is 0 Å². The lowest BCUT2D eigenvalue weighted by molar-refractivity contribution is -0.0118. The van der Waals surface area contributed by atoms with E-state index >= 15 is 0 Å². The van der Waals surface area contributed by atoms with Crippen molar-refractivity contribution in [3.63, 3.8) is 0 Å². The molecule has 0 fully saturated rings. The van der Waals surface area contributed by atoms with Crippen molar-refractivity contribution in [2.24, 2.45) is 0 Å². The van der Waals surface area contributed by atoms with Crippen LogP contribution in [0, 0.1) is 6.92 Å². The van der Waals surface area contributed by atoms with Crippen LogP contribution in [0.5, 0.6) is 0 Å². The van der Waals surface area contributed by atoms with E-state index < -0.39 is 44.0 Å². The molecule has 0 saturated heterocycles. The molecule has 0 aliphatic carbocycles. The second-order valence-electron chi connectivity index (χ2n) is 5.81. The minimum Gasteiger partial charge on any atom is -0.367 e. The molecule has 28 heavy (non-hydrogen) atoms. The lowest BCUT2D eigenvalue weighted by atomic mass is 10.3. The maximum atomic E-state index is 11.9. The molecule has 3 heterocycles. The van der Waals surface area contributed by atoms with Crippen LogP contribution in [0.3, 0.4) is 0 Å². The van der Waals surface area contributed by atoms with Gasteiger partial charge in [-0.15, -0.1) is 0 Å². The monoisotopic (exact) mass is 409 g/mol. The quantitative estimate of drug-likeness (QED) is 0.518. The summed E-state index contributed by atoms with van der Waals surface area (Å²) in [7, 11) is -4.69. The fourth-order valence-corrected chi connectivity index (χ4v) is 3.06. The van der Waals surface area contributed by atoms with Crippen molar-refractivity contribution in [2.45, 2.75) is 19.3 Å². The van der Waals surface area contributed by atoms with Gasteiger partial charge in [-0.25, -0.2) is 14.2 Å². The van der Waals surface area contributed by atoms with Gasteiger partial charge in [-0.3, -0.25) is 28.7 Å². The number of phosphoric ester groups is 1. The minimum atomic E-state index is -4.69. The minimum absolute atomic E-state index is 0.00901. The molecule has 2 aromatic rings. The van der Waals surface area contributed by atoms with Gasteiger partial charge in [0, 0.05) is 24.2 Å². The van der Waals surface area contributed by atoms with E-state index in [9.17, 15) is 23.8 Å². The largest absolute Gasteiger partial charge is 0.529 e. The Kier molecular flexibility index (Phi) is 5.71. The zero-order valence-electron chi connectivity index (χ0n) is 14.5. The number of phosphoric acid groups is 1. The topological polar surface area (TPSA) is 150 Å². The van der Waals surface area contributed by atoms with Crippen molar-refractivity contribution in [2.75, 3.05) is 6.61 Å². The molecular weight excluding hydrogens is 393 g/mol. The molecule has 1 unspecified atom stereocenters. The molecule has 0 amide bonds. The highest BCUT2D eigenvalue weighted by molar-refractivity contribution is 7.48. The van der Waals surface area contributed by atoms with Gasteiger partial charge in [-0.1, -0.05) is 6.08 Å². The average molecular weight is 409 g/mol. The van der Waals surface area contributed by atoms with E-state index in [0.29, 0.717) is 5.56 Å². The Morgan fingerprint density at radius 2 is 2.21 bits per heavy atom. The first-order valence-corrected chi connectivity index (χ1v) is 9.52. The molecule has 0 saturated carbocycles. The highest BCUT2D eigenvalue weighted by Crippen LogP contribution is 2.44. The van der Waals surface area contributed by atoms with Crippen LogP contribution in [0.15, 0.2) is 52.5 Å². The number of carbonyl (C=O) groups excluding carboxylic acids is 1. The Morgan fingerprint density at radius 3 is 2.93 bits per heavy atom. The lowest BCUT2D eigenvalue weighted by Crippen LogP contribution is -2.33. The summed E-state index contributed by atoms with van der Waals surface area (Å²) in [5, 5.41) is 0. The van der Waals surface area contributed by atoms with Gasteiger partial charge in [0.05, 0.1) is 12.2 Å². The van der Waals surface area contributed by atoms with Crippen LogP contribution in [-0.2, 0) is 18.3 Å². The first-order valence-electron chi connectivity index (χ1n) is 8.02. The van der Waals surface area contributed by atoms with Crippen LogP contribution in [0.1, 0.15) is 22.1 Å². The molecule has 148 valence electrons. The summed E-state index contributed by atoms with van der Waals surface area (Å²) < 4.78 is 27.9. The molecule has 0 aromatic carbocycles. The van der Waals surface area contributed by atoms with Crippen LogP contribution < -0.4 is 11.2 Å². The molecule has 1 aliphatic heterocycles. The molecule has 0 spiro atoms. The number of carbonyl (C=O) groups is 1. The summed E-state index contributed by atoms with van der Waals surface area (Å²) in [5.41, 5.74) is -0.853. The van der Waals surface area contributed by atoms with Crippen LogP contribution in [0.25, 0.3) is 0 Å². The number of nitrogens with zero attached hydrogens (tertiary/aromatic N) is 2. The summed E-state index contributed by atoms with van der Waals surface area (Å²) in [5.74, 6) is -1.06. The first-order chi connectivity index (χ1) is 13.2. The fourth-order valence-electron chi connectivity index (χ4n) is 2.35. The van der Waals surface area contributed by atoms with Crippen LogP contribution in [0.4, 0.5) is 0 Å². The van der Waals surface area contributed by atoms with Crippen molar-refractivity contribution in [1.82, 2.24) is 14.5 Å². The predicted octanol–water partition coefficient (Wildman–Crippen LogP) is 0.668. The molecule has 2 N–H and O–H groups in total. The van der Waals surface area contributed by atoms with E-state index in [-0.39, 0.29) is 5.56 Å². The van der Waals surface area contributed by atoms with E-state index in [2.05, 4.69) is 14.5 Å². The van der Waals surface area contributed by atoms with E-state index in [1.54, 1.807) is 0 Å². The summed E-state index contributed by atoms with van der Waals surface area (Å²) in [6, 6.07) is 2.84. The van der Waals surface area contributed by atoms with Gasteiger partial charge < -0.3 is 9.26 Å². The highest BCUT2D eigenvalue weighted by Gasteiger charge is 2.30. The molecule has 11 nitrogen and oxygen atoms in total. The van der Waals surface area contributed by atoms with E-state index in [1.165, 1.54) is 49.8 Å². The van der Waals surface area contributed by atoms with Crippen molar-refractivity contribution in [3.05, 3.63) is 74.8 Å². The normalized spacial score (nSPS) is 20.6. The summed E-state index contributed by atoms with van der Waals surface area (Å²) in [6.07, 6.45) is 5.39. The molecule has 1 aliphatic rings. The summed E-state index contributed by atoms with van der Waals surface area (Å²) in [4.78, 5) is 50.7. The summed E-state index contributed by atoms with van der Waals surface area (Å²) >= 11 is 0. The van der Waals surface area contributed by atoms with Gasteiger partial charge in [0.2, 0.25) is 0 Å². The standard InChI is InChI=1S/C16H16N3O8P/c1-10-8-19(16(22)18-14(10)20)13-5-4-12(26-13)9-25-28(23,24)27-15(21)11-3-2-6-17-7-11/h2-8,12-13H,9H2,1H3,(H,23,24)(H,18,20,22)/t12-,13+/m0/s1. The smallest absolute Gasteiger partial charge is 0.367 e. The number of hydrogen-bond donors (Lipinski definition) is 2. The second-order valence-corrected chi connectivity index (χ2v) is 7.19. The van der Waals surface area contributed by atoms with Gasteiger partial charge >= 0.3 is 19.5 Å². The van der Waals surface area contributed by atoms with Gasteiger partial charge in [0.1, 0.15) is 6.10 Å². The molecule has 0 radical (unpaired) electrons. The van der Waals surface area contributed by atoms with E-state index in [4.69, 9.17) is 9.26 Å². The average Bonchev–Trinajstić information content (AvgIpc) is 3.12. The molecule has 3 rings (SSSR count). The number of pyridine rings is 1. The first kappa shape index (κ1) is 19.9. The number of nitrogens with one attached hydrogen (secondary N) is 1. The number of aromatic nitrogens is 3. The maximum absolute atomic E-state index is 11.9. The number of H-pyrrole nitrogens is 1. The van der Waals surface area contributed by atoms with Gasteiger partial charge in [0.15, 0.2) is 6.23 Å². The fraction of sp³-hybridized carbons (Fsp3) is 0.250. The molecule has 12 heteroatoms. The van der Waals surface area contributed by atoms with Crippen molar-refractivity contribution in [1.29, 1.82) is 0 Å². The molecule has 0 bridgehead atoms. The Bertz CT molecular complexity index is 1060. The van der Waals surface area contributed by atoms with E-state index in [1.807, 2.05) is 0 Å². The van der Waals surface area contributed by atoms with Crippen molar-refractivity contribution >= 4 is 13.8 Å². The zero-order valence-corrected chi connectivity index (χ0v) is 15.4. The Labute approximate surface area is 157 Å². The molecule has 2 aromatic heterocycles. The molecular formula is C16H16N3O8P. The number of hydrogen-bond acceptors (Lipinski definition) is 8. The van der Waals surface area contributed by atoms with Crippen molar-refractivity contribution in [3.8, 4) is 0 Å². The predicted molar refractivity (Wildman–Crippen MR) is 94.5 cm³/mol. The lowest BCUT2D eigenvalue weighted by Gasteiger charge is -2.17. The number of aromatic amines is 1. The number of rotatable bonds is 6. The Balaban J connectivity index is 1.57. The summed E-state index contributed by atoms with van der Waals surface area (Å²) in [6.45, 7) is 1.13. The number of ether oxygens (including phenoxy) is 1. The zero-order chi connectivity index (χ0) is 20.3. The third-order valence-electron chi connectivity index (χ3n) is 3.72. The van der Waals surface area contributed by atoms with Crippen LogP contribution in [-0.4, -0.2) is 38.1 Å². The SMILES string of the molecule is Cc1cn([C@H]2C=C[C@@H](COP(=O)(O)OC(=O)c3cccnc3)O2)c(=O)[nH]c1=O. The second kappa shape index (κ2) is 8.03. The van der Waals surface area contributed by atoms with E-state index in [0.717, 1.165) is 4.57 Å². The van der Waals surface area contributed by atoms with Crippen molar-refractivity contribution < 1.29 is 28.0 Å². The Morgan fingerprint density at radius 1 is 1.43 bits per heavy atom. The number of aryl methyl sites for hydroxylation is 1.